The van der Waals surface area contributed by atoms with Gasteiger partial charge in [-0.2, -0.15) is 0 Å². The maximum atomic E-state index is 11.8. The van der Waals surface area contributed by atoms with Gasteiger partial charge in [-0.1, -0.05) is 30.1 Å². The first-order valence-corrected chi connectivity index (χ1v) is 9.46. The largest absolute Gasteiger partial charge is 0.492 e. The van der Waals surface area contributed by atoms with Crippen LogP contribution in [-0.4, -0.2) is 26.6 Å². The Morgan fingerprint density at radius 1 is 1.25 bits per heavy atom. The molecule has 1 rings (SSSR count). The highest BCUT2D eigenvalue weighted by Gasteiger charge is 2.20. The van der Waals surface area contributed by atoms with Gasteiger partial charge in [-0.15, -0.1) is 0 Å². The fourth-order valence-corrected chi connectivity index (χ4v) is 3.17. The average Bonchev–Trinajstić information content (AvgIpc) is 2.35. The smallest absolute Gasteiger partial charge is 0.306 e. The first-order chi connectivity index (χ1) is 10.8. The molecule has 0 heterocycles. The van der Waals surface area contributed by atoms with Crippen LogP contribution in [0.5, 0.6) is 5.75 Å². The minimum atomic E-state index is -3.97. The molecule has 1 aromatic carbocycles. The fraction of sp³-hybridized carbons (Fsp3) is 0.533. The summed E-state index contributed by atoms with van der Waals surface area (Å²) in [5, 5.41) is 5.02. The first-order valence-electron chi connectivity index (χ1n) is 7.16. The summed E-state index contributed by atoms with van der Waals surface area (Å²) in [6.45, 7) is 7.38. The summed E-state index contributed by atoms with van der Waals surface area (Å²) in [7, 11) is -3.97. The van der Waals surface area contributed by atoms with Gasteiger partial charge in [-0.3, -0.25) is 4.79 Å². The van der Waals surface area contributed by atoms with Crippen LogP contribution in [0.1, 0.15) is 34.1 Å². The van der Waals surface area contributed by atoms with Gasteiger partial charge >= 0.3 is 5.97 Å². The van der Waals surface area contributed by atoms with Gasteiger partial charge in [-0.05, 0) is 26.8 Å². The van der Waals surface area contributed by atoms with Crippen molar-refractivity contribution in [2.75, 3.05) is 6.61 Å². The Morgan fingerprint density at radius 3 is 2.33 bits per heavy atom. The van der Waals surface area contributed by atoms with Gasteiger partial charge in [0.15, 0.2) is 0 Å². The van der Waals surface area contributed by atoms with Gasteiger partial charge in [0.05, 0.1) is 23.1 Å². The number of sulfonamides is 1. The Hall–Kier alpha value is -1.02. The Kier molecular flexibility index (Phi) is 6.93. The molecule has 1 aromatic rings. The Labute approximate surface area is 152 Å². The van der Waals surface area contributed by atoms with Crippen LogP contribution in [0.3, 0.4) is 0 Å². The second-order valence-electron chi connectivity index (χ2n) is 6.46. The molecule has 0 fully saturated rings. The lowest BCUT2D eigenvalue weighted by atomic mass is 10.1. The lowest BCUT2D eigenvalue weighted by molar-refractivity contribution is -0.156. The number of hydrogen-bond acceptors (Lipinski definition) is 5. The van der Waals surface area contributed by atoms with E-state index in [4.69, 9.17) is 37.8 Å². The minimum absolute atomic E-state index is 0.0629. The number of halogens is 2. The molecule has 1 atom stereocenters. The van der Waals surface area contributed by atoms with Crippen LogP contribution in [0.2, 0.25) is 10.0 Å². The second-order valence-corrected chi connectivity index (χ2v) is 8.81. The lowest BCUT2D eigenvalue weighted by Gasteiger charge is -2.21. The third kappa shape index (κ3) is 6.84. The van der Waals surface area contributed by atoms with E-state index in [0.29, 0.717) is 0 Å². The second kappa shape index (κ2) is 7.91. The highest BCUT2D eigenvalue weighted by atomic mass is 35.5. The van der Waals surface area contributed by atoms with Crippen LogP contribution in [0.15, 0.2) is 17.0 Å². The van der Waals surface area contributed by atoms with Crippen LogP contribution in [0, 0.1) is 5.92 Å². The minimum Gasteiger partial charge on any atom is -0.492 e. The summed E-state index contributed by atoms with van der Waals surface area (Å²) in [6, 6.07) is 2.41. The van der Waals surface area contributed by atoms with Gasteiger partial charge in [-0.25, -0.2) is 13.6 Å². The van der Waals surface area contributed by atoms with Gasteiger partial charge in [0.1, 0.15) is 16.2 Å². The number of carbonyl (C=O) groups excluding carboxylic acids is 1. The van der Waals surface area contributed by atoms with Crippen LogP contribution in [0.4, 0.5) is 0 Å². The number of hydrogen-bond donors (Lipinski definition) is 1. The number of rotatable bonds is 6. The molecule has 9 heteroatoms. The summed E-state index contributed by atoms with van der Waals surface area (Å²) < 4.78 is 33.5. The summed E-state index contributed by atoms with van der Waals surface area (Å²) >= 11 is 11.9. The number of carbonyl (C=O) groups is 1. The quantitative estimate of drug-likeness (QED) is 0.741. The number of benzene rings is 1. The zero-order valence-corrected chi connectivity index (χ0v) is 16.3. The first kappa shape index (κ1) is 21.0. The van der Waals surface area contributed by atoms with Crippen molar-refractivity contribution in [3.63, 3.8) is 0 Å². The van der Waals surface area contributed by atoms with E-state index in [0.717, 1.165) is 6.07 Å². The van der Waals surface area contributed by atoms with Crippen molar-refractivity contribution in [3.05, 3.63) is 22.2 Å². The molecule has 0 bridgehead atoms. The highest BCUT2D eigenvalue weighted by Crippen LogP contribution is 2.33. The van der Waals surface area contributed by atoms with E-state index in [1.807, 2.05) is 6.92 Å². The molecule has 0 radical (unpaired) electrons. The zero-order valence-electron chi connectivity index (χ0n) is 13.9. The predicted molar refractivity (Wildman–Crippen MR) is 93.0 cm³/mol. The monoisotopic (exact) mass is 397 g/mol. The van der Waals surface area contributed by atoms with Crippen LogP contribution in [0.25, 0.3) is 0 Å². The van der Waals surface area contributed by atoms with Crippen molar-refractivity contribution in [1.29, 1.82) is 0 Å². The number of ether oxygens (including phenoxy) is 2. The molecule has 0 aliphatic heterocycles. The lowest BCUT2D eigenvalue weighted by Crippen LogP contribution is -2.26. The van der Waals surface area contributed by atoms with Crippen molar-refractivity contribution in [1.82, 2.24) is 0 Å². The molecule has 0 saturated heterocycles. The molecule has 0 aliphatic carbocycles. The molecule has 6 nitrogen and oxygen atoms in total. The number of esters is 1. The molecule has 24 heavy (non-hydrogen) atoms. The van der Waals surface area contributed by atoms with E-state index in [1.165, 1.54) is 6.07 Å². The van der Waals surface area contributed by atoms with E-state index in [2.05, 4.69) is 0 Å². The van der Waals surface area contributed by atoms with E-state index >= 15 is 0 Å². The zero-order chi connectivity index (χ0) is 18.7. The van der Waals surface area contributed by atoms with Crippen molar-refractivity contribution in [3.8, 4) is 5.75 Å². The molecule has 0 aromatic heterocycles. The van der Waals surface area contributed by atoms with Gasteiger partial charge in [0, 0.05) is 12.0 Å². The van der Waals surface area contributed by atoms with Crippen LogP contribution < -0.4 is 9.88 Å². The highest BCUT2D eigenvalue weighted by molar-refractivity contribution is 7.89. The standard InChI is InChI=1S/C15H21Cl2NO5S/c1-9(5-14(19)23-15(2,3)4)8-22-12-6-11(17)13(7-10(12)16)24(18,20)21/h6-7,9H,5,8H2,1-4H3,(H2,18,20,21). The molecule has 0 aliphatic rings. The summed E-state index contributed by atoms with van der Waals surface area (Å²) in [5.41, 5.74) is -0.544. The molecule has 0 amide bonds. The van der Waals surface area contributed by atoms with E-state index in [1.54, 1.807) is 20.8 Å². The molecule has 0 saturated carbocycles. The third-order valence-corrected chi connectivity index (χ3v) is 4.42. The van der Waals surface area contributed by atoms with Crippen molar-refractivity contribution in [2.45, 2.75) is 44.6 Å². The van der Waals surface area contributed by atoms with Gasteiger partial charge in [0.25, 0.3) is 0 Å². The normalized spacial score (nSPS) is 13.5. The third-order valence-electron chi connectivity index (χ3n) is 2.75. The summed E-state index contributed by atoms with van der Waals surface area (Å²) in [5.74, 6) is -0.245. The molecule has 1 unspecified atom stereocenters. The van der Waals surface area contributed by atoms with E-state index in [-0.39, 0.29) is 45.6 Å². The summed E-state index contributed by atoms with van der Waals surface area (Å²) in [6.07, 6.45) is 0.178. The van der Waals surface area contributed by atoms with Crippen molar-refractivity contribution < 1.29 is 22.7 Å². The number of nitrogens with two attached hydrogens (primary N) is 1. The van der Waals surface area contributed by atoms with Gasteiger partial charge < -0.3 is 9.47 Å². The fourth-order valence-electron chi connectivity index (χ4n) is 1.80. The molecular weight excluding hydrogens is 377 g/mol. The Morgan fingerprint density at radius 2 is 1.83 bits per heavy atom. The van der Waals surface area contributed by atoms with E-state index < -0.39 is 15.6 Å². The number of primary sulfonamides is 1. The molecule has 0 spiro atoms. The SMILES string of the molecule is CC(COc1cc(Cl)c(S(N)(=O)=O)cc1Cl)CC(=O)OC(C)(C)C. The topological polar surface area (TPSA) is 95.7 Å². The average molecular weight is 398 g/mol. The maximum absolute atomic E-state index is 11.8. The summed E-state index contributed by atoms with van der Waals surface area (Å²) in [4.78, 5) is 11.5. The molecular formula is C15H21Cl2NO5S. The maximum Gasteiger partial charge on any atom is 0.306 e. The van der Waals surface area contributed by atoms with Gasteiger partial charge in [0.2, 0.25) is 10.0 Å². The molecule has 136 valence electrons. The van der Waals surface area contributed by atoms with Crippen LogP contribution >= 0.6 is 23.2 Å². The Balaban J connectivity index is 2.71. The molecule has 2 N–H and O–H groups in total. The Bertz CT molecular complexity index is 713. The van der Waals surface area contributed by atoms with Crippen LogP contribution in [-0.2, 0) is 19.6 Å². The van der Waals surface area contributed by atoms with Crippen molar-refractivity contribution in [2.24, 2.45) is 11.1 Å². The van der Waals surface area contributed by atoms with E-state index in [9.17, 15) is 13.2 Å². The predicted octanol–water partition coefficient (Wildman–Crippen LogP) is 3.39. The van der Waals surface area contributed by atoms with Crippen molar-refractivity contribution >= 4 is 39.2 Å².